The first kappa shape index (κ1) is 22.8. The van der Waals surface area contributed by atoms with Crippen molar-refractivity contribution in [3.8, 4) is 11.5 Å². The number of amides is 1. The number of rotatable bonds is 10. The zero-order valence-electron chi connectivity index (χ0n) is 16.6. The maximum absolute atomic E-state index is 12.2. The Morgan fingerprint density at radius 1 is 1.10 bits per heavy atom. The van der Waals surface area contributed by atoms with E-state index in [1.807, 2.05) is 6.07 Å². The van der Waals surface area contributed by atoms with Crippen molar-refractivity contribution < 1.29 is 22.7 Å². The van der Waals surface area contributed by atoms with Gasteiger partial charge in [0.15, 0.2) is 11.5 Å². The van der Waals surface area contributed by atoms with Crippen LogP contribution in [0.3, 0.4) is 0 Å². The second-order valence-electron chi connectivity index (χ2n) is 6.36. The Morgan fingerprint density at radius 2 is 1.79 bits per heavy atom. The van der Waals surface area contributed by atoms with E-state index in [4.69, 9.17) is 21.1 Å². The van der Waals surface area contributed by atoms with Crippen molar-refractivity contribution in [3.05, 3.63) is 53.1 Å². The molecule has 0 radical (unpaired) electrons. The molecule has 0 unspecified atom stereocenters. The lowest BCUT2D eigenvalue weighted by atomic mass is 10.2. The molecule has 1 amide bonds. The summed E-state index contributed by atoms with van der Waals surface area (Å²) in [5.74, 6) is 1.03. The Hall–Kier alpha value is -2.45. The monoisotopic (exact) mass is 440 g/mol. The fraction of sp³-hybridized carbons (Fsp3) is 0.350. The summed E-state index contributed by atoms with van der Waals surface area (Å²) in [6.45, 7) is 0.492. The number of ether oxygens (including phenoxy) is 2. The summed E-state index contributed by atoms with van der Waals surface area (Å²) < 4.78 is 35.9. The van der Waals surface area contributed by atoms with E-state index >= 15 is 0 Å². The van der Waals surface area contributed by atoms with Gasteiger partial charge in [-0.1, -0.05) is 29.8 Å². The first-order valence-corrected chi connectivity index (χ1v) is 11.2. The highest BCUT2D eigenvalue weighted by Crippen LogP contribution is 2.28. The van der Waals surface area contributed by atoms with Crippen LogP contribution in [0, 0.1) is 0 Å². The Labute approximate surface area is 176 Å². The molecule has 9 heteroatoms. The summed E-state index contributed by atoms with van der Waals surface area (Å²) in [5, 5.41) is 3.17. The number of nitrogens with zero attached hydrogens (tertiary/aromatic N) is 1. The number of carbonyl (C=O) groups is 1. The Balaban J connectivity index is 1.91. The van der Waals surface area contributed by atoms with E-state index in [0.29, 0.717) is 35.2 Å². The maximum atomic E-state index is 12.2. The number of hydrogen-bond donors (Lipinski definition) is 1. The van der Waals surface area contributed by atoms with Crippen LogP contribution in [0.25, 0.3) is 0 Å². The zero-order chi connectivity index (χ0) is 21.4. The Morgan fingerprint density at radius 3 is 2.41 bits per heavy atom. The molecule has 0 bridgehead atoms. The van der Waals surface area contributed by atoms with E-state index in [1.165, 1.54) is 4.31 Å². The van der Waals surface area contributed by atoms with Gasteiger partial charge in [0.1, 0.15) is 0 Å². The van der Waals surface area contributed by atoms with Crippen molar-refractivity contribution >= 4 is 33.2 Å². The molecule has 0 aliphatic heterocycles. The van der Waals surface area contributed by atoms with Crippen molar-refractivity contribution in [1.82, 2.24) is 5.32 Å². The highest BCUT2D eigenvalue weighted by atomic mass is 35.5. The lowest BCUT2D eigenvalue weighted by Crippen LogP contribution is -2.32. The zero-order valence-corrected chi connectivity index (χ0v) is 18.2. The number of methoxy groups -OCH3 is 2. The van der Waals surface area contributed by atoms with Gasteiger partial charge in [0.05, 0.1) is 31.2 Å². The van der Waals surface area contributed by atoms with Crippen LogP contribution in [0.2, 0.25) is 5.02 Å². The van der Waals surface area contributed by atoms with E-state index < -0.39 is 10.0 Å². The van der Waals surface area contributed by atoms with Gasteiger partial charge < -0.3 is 14.8 Å². The van der Waals surface area contributed by atoms with Gasteiger partial charge in [0, 0.05) is 19.5 Å². The van der Waals surface area contributed by atoms with Crippen LogP contribution >= 0.6 is 11.6 Å². The van der Waals surface area contributed by atoms with Crippen LogP contribution in [0.1, 0.15) is 18.4 Å². The van der Waals surface area contributed by atoms with Crippen LogP contribution < -0.4 is 19.1 Å². The molecule has 0 aromatic heterocycles. The van der Waals surface area contributed by atoms with Crippen LogP contribution in [0.4, 0.5) is 5.69 Å². The molecule has 2 rings (SSSR count). The van der Waals surface area contributed by atoms with Gasteiger partial charge >= 0.3 is 0 Å². The minimum Gasteiger partial charge on any atom is -0.493 e. The van der Waals surface area contributed by atoms with E-state index in [0.717, 1.165) is 11.8 Å². The first-order valence-electron chi connectivity index (χ1n) is 8.96. The lowest BCUT2D eigenvalue weighted by Gasteiger charge is -2.23. The quantitative estimate of drug-likeness (QED) is 0.613. The molecule has 0 fully saturated rings. The van der Waals surface area contributed by atoms with Crippen molar-refractivity contribution in [3.63, 3.8) is 0 Å². The van der Waals surface area contributed by atoms with E-state index in [2.05, 4.69) is 5.32 Å². The predicted molar refractivity (Wildman–Crippen MR) is 114 cm³/mol. The Kier molecular flexibility index (Phi) is 8.16. The minimum absolute atomic E-state index is 0.159. The smallest absolute Gasteiger partial charge is 0.232 e. The van der Waals surface area contributed by atoms with Crippen molar-refractivity contribution in [2.24, 2.45) is 0 Å². The number of nitrogens with one attached hydrogen (secondary N) is 1. The molecule has 0 aliphatic rings. The fourth-order valence-corrected chi connectivity index (χ4v) is 4.05. The molecule has 158 valence electrons. The third-order valence-corrected chi connectivity index (χ3v) is 5.72. The third kappa shape index (κ3) is 6.54. The molecule has 0 saturated heterocycles. The van der Waals surface area contributed by atoms with Crippen LogP contribution in [-0.4, -0.2) is 41.3 Å². The van der Waals surface area contributed by atoms with E-state index in [9.17, 15) is 13.2 Å². The second kappa shape index (κ2) is 10.4. The number of sulfonamides is 1. The number of anilines is 1. The number of halogens is 1. The summed E-state index contributed by atoms with van der Waals surface area (Å²) in [6, 6.07) is 12.1. The lowest BCUT2D eigenvalue weighted by molar-refractivity contribution is -0.121. The topological polar surface area (TPSA) is 84.9 Å². The molecular weight excluding hydrogens is 416 g/mol. The average molecular weight is 441 g/mol. The summed E-state index contributed by atoms with van der Waals surface area (Å²) in [5.41, 5.74) is 1.27. The average Bonchev–Trinajstić information content (AvgIpc) is 2.69. The van der Waals surface area contributed by atoms with E-state index in [1.54, 1.807) is 50.6 Å². The van der Waals surface area contributed by atoms with E-state index in [-0.39, 0.29) is 18.9 Å². The molecule has 2 aromatic rings. The van der Waals surface area contributed by atoms with Gasteiger partial charge in [-0.05, 0) is 36.2 Å². The maximum Gasteiger partial charge on any atom is 0.232 e. The Bertz CT molecular complexity index is 950. The van der Waals surface area contributed by atoms with Gasteiger partial charge in [-0.25, -0.2) is 8.42 Å². The standard InChI is InChI=1S/C20H25ClN2O5S/c1-27-18-11-10-15(13-19(18)28-2)14-22-20(24)9-6-12-23(29(3,25)26)17-8-5-4-7-16(17)21/h4-5,7-8,10-11,13H,6,9,12,14H2,1-3H3,(H,22,24). The number of benzene rings is 2. The summed E-state index contributed by atoms with van der Waals surface area (Å²) in [6.07, 6.45) is 1.66. The van der Waals surface area contributed by atoms with Gasteiger partial charge in [-0.3, -0.25) is 9.10 Å². The SMILES string of the molecule is COc1ccc(CNC(=O)CCCN(c2ccccc2Cl)S(C)(=O)=O)cc1OC. The molecular formula is C20H25ClN2O5S. The first-order chi connectivity index (χ1) is 13.8. The predicted octanol–water partition coefficient (Wildman–Crippen LogP) is 3.22. The number of hydrogen-bond acceptors (Lipinski definition) is 5. The van der Waals surface area contributed by atoms with Gasteiger partial charge in [-0.2, -0.15) is 0 Å². The second-order valence-corrected chi connectivity index (χ2v) is 8.67. The number of carbonyl (C=O) groups excluding carboxylic acids is 1. The van der Waals surface area contributed by atoms with Crippen molar-refractivity contribution in [2.45, 2.75) is 19.4 Å². The van der Waals surface area contributed by atoms with Gasteiger partial charge in [0.25, 0.3) is 0 Å². The highest BCUT2D eigenvalue weighted by Gasteiger charge is 2.19. The molecule has 29 heavy (non-hydrogen) atoms. The molecule has 0 saturated carbocycles. The molecule has 7 nitrogen and oxygen atoms in total. The summed E-state index contributed by atoms with van der Waals surface area (Å²) in [4.78, 5) is 12.2. The number of para-hydroxylation sites is 1. The van der Waals surface area contributed by atoms with Crippen LogP contribution in [-0.2, 0) is 21.4 Å². The van der Waals surface area contributed by atoms with Gasteiger partial charge in [-0.15, -0.1) is 0 Å². The molecule has 0 heterocycles. The largest absolute Gasteiger partial charge is 0.493 e. The molecule has 2 aromatic carbocycles. The molecule has 0 atom stereocenters. The summed E-state index contributed by atoms with van der Waals surface area (Å²) in [7, 11) is -0.411. The van der Waals surface area contributed by atoms with Gasteiger partial charge in [0.2, 0.25) is 15.9 Å². The summed E-state index contributed by atoms with van der Waals surface area (Å²) >= 11 is 6.13. The highest BCUT2D eigenvalue weighted by molar-refractivity contribution is 7.92. The van der Waals surface area contributed by atoms with Crippen molar-refractivity contribution in [1.29, 1.82) is 0 Å². The molecule has 0 spiro atoms. The minimum atomic E-state index is -3.52. The van der Waals surface area contributed by atoms with Crippen molar-refractivity contribution in [2.75, 3.05) is 31.3 Å². The van der Waals surface area contributed by atoms with Crippen LogP contribution in [0.15, 0.2) is 42.5 Å². The fourth-order valence-electron chi connectivity index (χ4n) is 2.78. The normalized spacial score (nSPS) is 11.0. The third-order valence-electron chi connectivity index (χ3n) is 4.22. The molecule has 1 N–H and O–H groups in total. The molecule has 0 aliphatic carbocycles. The van der Waals surface area contributed by atoms with Crippen LogP contribution in [0.5, 0.6) is 11.5 Å².